The van der Waals surface area contributed by atoms with Crippen molar-refractivity contribution in [3.63, 3.8) is 0 Å². The van der Waals surface area contributed by atoms with Crippen molar-refractivity contribution in [2.75, 3.05) is 23.3 Å². The van der Waals surface area contributed by atoms with E-state index in [-0.39, 0.29) is 5.91 Å². The van der Waals surface area contributed by atoms with Gasteiger partial charge in [-0.2, -0.15) is 0 Å². The van der Waals surface area contributed by atoms with E-state index < -0.39 is 0 Å². The Morgan fingerprint density at radius 2 is 2.00 bits per heavy atom. The lowest BCUT2D eigenvalue weighted by Crippen LogP contribution is -2.20. The molecule has 90 valence electrons. The van der Waals surface area contributed by atoms with Crippen LogP contribution in [-0.2, 0) is 4.79 Å². The summed E-state index contributed by atoms with van der Waals surface area (Å²) in [6.45, 7) is 4.00. The van der Waals surface area contributed by atoms with Gasteiger partial charge in [-0.1, -0.05) is 18.2 Å². The van der Waals surface area contributed by atoms with Gasteiger partial charge in [0.25, 0.3) is 0 Å². The minimum absolute atomic E-state index is 0.0702. The van der Waals surface area contributed by atoms with E-state index in [2.05, 4.69) is 16.3 Å². The number of hydrogen-bond donors (Lipinski definition) is 1. The number of anilines is 2. The Labute approximate surface area is 102 Å². The van der Waals surface area contributed by atoms with Gasteiger partial charge in [0.2, 0.25) is 5.91 Å². The number of nitrogens with zero attached hydrogens (tertiary/aromatic N) is 1. The summed E-state index contributed by atoms with van der Waals surface area (Å²) in [7, 11) is 0. The van der Waals surface area contributed by atoms with Crippen molar-refractivity contribution in [2.24, 2.45) is 0 Å². The van der Waals surface area contributed by atoms with Crippen molar-refractivity contribution < 1.29 is 4.79 Å². The van der Waals surface area contributed by atoms with Crippen molar-refractivity contribution in [1.29, 1.82) is 0 Å². The smallest absolute Gasteiger partial charge is 0.248 e. The molecule has 0 saturated carbocycles. The van der Waals surface area contributed by atoms with E-state index in [1.165, 1.54) is 12.8 Å². The molecule has 0 aliphatic carbocycles. The number of benzene rings is 1. The highest BCUT2D eigenvalue weighted by Gasteiger charge is 2.15. The molecule has 3 nitrogen and oxygen atoms in total. The van der Waals surface area contributed by atoms with Crippen LogP contribution in [0.25, 0.3) is 0 Å². The average molecular weight is 230 g/mol. The van der Waals surface area contributed by atoms with Crippen LogP contribution in [0.1, 0.15) is 19.8 Å². The summed E-state index contributed by atoms with van der Waals surface area (Å²) < 4.78 is 0. The Bertz CT molecular complexity index is 420. The Morgan fingerprint density at radius 3 is 2.71 bits per heavy atom. The Balaban J connectivity index is 2.18. The van der Waals surface area contributed by atoms with Gasteiger partial charge in [-0.25, -0.2) is 0 Å². The molecule has 2 rings (SSSR count). The van der Waals surface area contributed by atoms with Gasteiger partial charge >= 0.3 is 0 Å². The van der Waals surface area contributed by atoms with Gasteiger partial charge in [0.15, 0.2) is 0 Å². The standard InChI is InChI=1S/C14H18N2O/c1-2-7-14(17)15-12-8-3-4-9-13(12)16-10-5-6-11-16/h2-4,7-9H,5-6,10-11H2,1H3,(H,15,17). The summed E-state index contributed by atoms with van der Waals surface area (Å²) in [4.78, 5) is 13.9. The maximum atomic E-state index is 11.6. The van der Waals surface area contributed by atoms with Crippen molar-refractivity contribution in [3.8, 4) is 0 Å². The molecule has 1 aromatic carbocycles. The highest BCUT2D eigenvalue weighted by Crippen LogP contribution is 2.28. The summed E-state index contributed by atoms with van der Waals surface area (Å²) in [6.07, 6.45) is 5.75. The SMILES string of the molecule is CC=CC(=O)Nc1ccccc1N1CCCC1. The topological polar surface area (TPSA) is 32.3 Å². The van der Waals surface area contributed by atoms with Crippen molar-refractivity contribution >= 4 is 17.3 Å². The number of carbonyl (C=O) groups excluding carboxylic acids is 1. The second kappa shape index (κ2) is 5.53. The quantitative estimate of drug-likeness (QED) is 0.810. The molecular weight excluding hydrogens is 212 g/mol. The zero-order chi connectivity index (χ0) is 12.1. The minimum Gasteiger partial charge on any atom is -0.370 e. The molecule has 1 heterocycles. The monoisotopic (exact) mass is 230 g/mol. The number of para-hydroxylation sites is 2. The lowest BCUT2D eigenvalue weighted by atomic mass is 10.2. The van der Waals surface area contributed by atoms with E-state index in [4.69, 9.17) is 0 Å². The first-order valence-corrected chi connectivity index (χ1v) is 6.09. The summed E-state index contributed by atoms with van der Waals surface area (Å²) in [5, 5.41) is 2.92. The molecule has 1 aliphatic rings. The highest BCUT2D eigenvalue weighted by molar-refractivity contribution is 6.01. The van der Waals surface area contributed by atoms with Gasteiger partial charge in [0.05, 0.1) is 11.4 Å². The van der Waals surface area contributed by atoms with Gasteiger partial charge in [-0.15, -0.1) is 0 Å². The van der Waals surface area contributed by atoms with Crippen LogP contribution in [-0.4, -0.2) is 19.0 Å². The molecule has 0 unspecified atom stereocenters. The molecule has 1 aromatic rings. The fourth-order valence-corrected chi connectivity index (χ4v) is 2.14. The second-order valence-electron chi connectivity index (χ2n) is 4.20. The molecule has 0 bridgehead atoms. The first-order chi connectivity index (χ1) is 8.31. The first-order valence-electron chi connectivity index (χ1n) is 6.09. The first kappa shape index (κ1) is 11.7. The van der Waals surface area contributed by atoms with Gasteiger partial charge in [0.1, 0.15) is 0 Å². The molecule has 0 atom stereocenters. The lowest BCUT2D eigenvalue weighted by molar-refractivity contribution is -0.111. The number of hydrogen-bond acceptors (Lipinski definition) is 2. The summed E-state index contributed by atoms with van der Waals surface area (Å²) >= 11 is 0. The molecule has 1 aliphatic heterocycles. The molecule has 0 spiro atoms. The summed E-state index contributed by atoms with van der Waals surface area (Å²) in [5.41, 5.74) is 2.03. The van der Waals surface area contributed by atoms with Crippen LogP contribution in [0.4, 0.5) is 11.4 Å². The molecule has 0 aromatic heterocycles. The molecule has 1 saturated heterocycles. The van der Waals surface area contributed by atoms with E-state index in [9.17, 15) is 4.79 Å². The zero-order valence-electron chi connectivity index (χ0n) is 10.1. The van der Waals surface area contributed by atoms with Gasteiger partial charge < -0.3 is 10.2 Å². The maximum absolute atomic E-state index is 11.6. The van der Waals surface area contributed by atoms with Crippen LogP contribution >= 0.6 is 0 Å². The van der Waals surface area contributed by atoms with E-state index >= 15 is 0 Å². The highest BCUT2D eigenvalue weighted by atomic mass is 16.1. The molecule has 1 amide bonds. The van der Waals surface area contributed by atoms with E-state index in [1.54, 1.807) is 12.2 Å². The van der Waals surface area contributed by atoms with Crippen LogP contribution in [0, 0.1) is 0 Å². The number of nitrogens with one attached hydrogen (secondary N) is 1. The number of rotatable bonds is 3. The van der Waals surface area contributed by atoms with Gasteiger partial charge in [0, 0.05) is 13.1 Å². The van der Waals surface area contributed by atoms with Crippen molar-refractivity contribution in [2.45, 2.75) is 19.8 Å². The fourth-order valence-electron chi connectivity index (χ4n) is 2.14. The van der Waals surface area contributed by atoms with Gasteiger partial charge in [-0.3, -0.25) is 4.79 Å². The second-order valence-corrected chi connectivity index (χ2v) is 4.20. The Morgan fingerprint density at radius 1 is 1.29 bits per heavy atom. The zero-order valence-corrected chi connectivity index (χ0v) is 10.1. The maximum Gasteiger partial charge on any atom is 0.248 e. The third kappa shape index (κ3) is 2.87. The lowest BCUT2D eigenvalue weighted by Gasteiger charge is -2.21. The van der Waals surface area contributed by atoms with Crippen LogP contribution in [0.2, 0.25) is 0 Å². The average Bonchev–Trinajstić information content (AvgIpc) is 2.83. The predicted molar refractivity (Wildman–Crippen MR) is 71.3 cm³/mol. The van der Waals surface area contributed by atoms with E-state index in [1.807, 2.05) is 25.1 Å². The molecule has 0 radical (unpaired) electrons. The summed E-state index contributed by atoms with van der Waals surface area (Å²) in [5.74, 6) is -0.0702. The Kier molecular flexibility index (Phi) is 3.81. The molecule has 1 N–H and O–H groups in total. The Hall–Kier alpha value is -1.77. The number of amides is 1. The van der Waals surface area contributed by atoms with Crippen molar-refractivity contribution in [1.82, 2.24) is 0 Å². The van der Waals surface area contributed by atoms with Crippen LogP contribution in [0.5, 0.6) is 0 Å². The summed E-state index contributed by atoms with van der Waals surface area (Å²) in [6, 6.07) is 7.98. The van der Waals surface area contributed by atoms with Crippen LogP contribution in [0.15, 0.2) is 36.4 Å². The van der Waals surface area contributed by atoms with Gasteiger partial charge in [-0.05, 0) is 38.0 Å². The third-order valence-corrected chi connectivity index (χ3v) is 2.93. The molecule has 17 heavy (non-hydrogen) atoms. The van der Waals surface area contributed by atoms with E-state index in [0.717, 1.165) is 24.5 Å². The predicted octanol–water partition coefficient (Wildman–Crippen LogP) is 2.80. The largest absolute Gasteiger partial charge is 0.370 e. The van der Waals surface area contributed by atoms with Crippen LogP contribution < -0.4 is 10.2 Å². The number of carbonyl (C=O) groups is 1. The van der Waals surface area contributed by atoms with E-state index in [0.29, 0.717) is 0 Å². The minimum atomic E-state index is -0.0702. The third-order valence-electron chi connectivity index (χ3n) is 2.93. The molecule has 1 fully saturated rings. The fraction of sp³-hybridized carbons (Fsp3) is 0.357. The molecule has 3 heteroatoms. The molecular formula is C14H18N2O. The van der Waals surface area contributed by atoms with Crippen molar-refractivity contribution in [3.05, 3.63) is 36.4 Å². The number of allylic oxidation sites excluding steroid dienone is 1. The normalized spacial score (nSPS) is 15.5. The van der Waals surface area contributed by atoms with Crippen LogP contribution in [0.3, 0.4) is 0 Å².